The lowest BCUT2D eigenvalue weighted by molar-refractivity contribution is -0.141. The number of fused-ring (bicyclic) bond motifs is 1. The zero-order chi connectivity index (χ0) is 30.6. The van der Waals surface area contributed by atoms with Crippen LogP contribution in [0.1, 0.15) is 45.9 Å². The summed E-state index contributed by atoms with van der Waals surface area (Å²) in [6.45, 7) is 2.20. The third-order valence-corrected chi connectivity index (χ3v) is 9.68. The van der Waals surface area contributed by atoms with E-state index in [0.717, 1.165) is 24.0 Å². The van der Waals surface area contributed by atoms with Gasteiger partial charge in [-0.3, -0.25) is 14.4 Å². The van der Waals surface area contributed by atoms with Crippen molar-refractivity contribution < 1.29 is 32.3 Å². The first-order valence-corrected chi connectivity index (χ1v) is 15.7. The zero-order valence-electron chi connectivity index (χ0n) is 24.2. The molecule has 0 aliphatic carbocycles. The van der Waals surface area contributed by atoms with Crippen LogP contribution in [0, 0.1) is 6.92 Å². The summed E-state index contributed by atoms with van der Waals surface area (Å²) in [5.74, 6) is -1.41. The Morgan fingerprint density at radius 2 is 1.86 bits per heavy atom. The van der Waals surface area contributed by atoms with Gasteiger partial charge in [-0.05, 0) is 67.1 Å². The fourth-order valence-corrected chi connectivity index (χ4v) is 7.05. The molecule has 1 fully saturated rings. The van der Waals surface area contributed by atoms with Crippen molar-refractivity contribution >= 4 is 27.7 Å². The monoisotopic (exact) mass is 605 g/mol. The molecule has 2 unspecified atom stereocenters. The van der Waals surface area contributed by atoms with Crippen LogP contribution in [-0.4, -0.2) is 74.8 Å². The molecular weight excluding hydrogens is 570 g/mol. The second-order valence-corrected chi connectivity index (χ2v) is 12.5. The number of carbonyl (C=O) groups is 3. The van der Waals surface area contributed by atoms with E-state index in [4.69, 9.17) is 9.47 Å². The van der Waals surface area contributed by atoms with Gasteiger partial charge in [-0.2, -0.15) is 0 Å². The second kappa shape index (κ2) is 13.0. The number of nitrogens with one attached hydrogen (secondary N) is 1. The molecule has 0 spiro atoms. The van der Waals surface area contributed by atoms with Gasteiger partial charge >= 0.3 is 0 Å². The van der Waals surface area contributed by atoms with Gasteiger partial charge in [0.25, 0.3) is 15.9 Å². The number of carbonyl (C=O) groups excluding carboxylic acids is 3. The minimum Gasteiger partial charge on any atom is -0.497 e. The Kier molecular flexibility index (Phi) is 9.12. The average molecular weight is 606 g/mol. The Bertz CT molecular complexity index is 1620. The summed E-state index contributed by atoms with van der Waals surface area (Å²) in [7, 11) is -2.73. The molecule has 0 aromatic heterocycles. The van der Waals surface area contributed by atoms with E-state index >= 15 is 0 Å². The van der Waals surface area contributed by atoms with E-state index in [9.17, 15) is 22.8 Å². The lowest BCUT2D eigenvalue weighted by Crippen LogP contribution is -2.49. The van der Waals surface area contributed by atoms with Gasteiger partial charge in [0, 0.05) is 19.7 Å². The van der Waals surface area contributed by atoms with Crippen LogP contribution in [0.3, 0.4) is 0 Å². The van der Waals surface area contributed by atoms with Gasteiger partial charge in [-0.15, -0.1) is 0 Å². The summed E-state index contributed by atoms with van der Waals surface area (Å²) in [5.41, 5.74) is 2.49. The number of methoxy groups -OCH3 is 1. The molecule has 11 heteroatoms. The van der Waals surface area contributed by atoms with Crippen molar-refractivity contribution in [1.29, 1.82) is 0 Å². The summed E-state index contributed by atoms with van der Waals surface area (Å²) in [6.07, 6.45) is 1.99. The number of hydrogen-bond acceptors (Lipinski definition) is 7. The number of rotatable bonds is 11. The SMILES string of the molecule is COc1cccc(C(C(=O)NCC2CCCO2)N(CCc2ccccc2C)C(=O)CN2C(=O)c3ccccc3S2(=O)=O)c1. The number of benzene rings is 3. The van der Waals surface area contributed by atoms with E-state index in [1.165, 1.54) is 30.2 Å². The molecule has 2 aliphatic rings. The van der Waals surface area contributed by atoms with Gasteiger partial charge in [0.2, 0.25) is 11.8 Å². The minimum absolute atomic E-state index is 0.0143. The van der Waals surface area contributed by atoms with Crippen LogP contribution in [0.15, 0.2) is 77.7 Å². The Morgan fingerprint density at radius 1 is 1.09 bits per heavy atom. The molecule has 5 rings (SSSR count). The average Bonchev–Trinajstić information content (AvgIpc) is 3.60. The Labute approximate surface area is 251 Å². The van der Waals surface area contributed by atoms with Crippen LogP contribution < -0.4 is 10.1 Å². The first-order chi connectivity index (χ1) is 20.7. The maximum Gasteiger partial charge on any atom is 0.269 e. The standard InChI is InChI=1S/C32H35N3O7S/c1-22-9-3-4-10-23(22)16-17-34(29(36)21-35-32(38)27-14-5-6-15-28(27)43(35,39)40)30(24-11-7-12-25(19-24)41-2)31(37)33-20-26-13-8-18-42-26/h3-7,9-12,14-15,19,26,30H,8,13,16-18,20-21H2,1-2H3,(H,33,37). The molecule has 1 N–H and O–H groups in total. The summed E-state index contributed by atoms with van der Waals surface area (Å²) < 4.78 is 38.3. The quantitative estimate of drug-likeness (QED) is 0.356. The third kappa shape index (κ3) is 6.42. The van der Waals surface area contributed by atoms with E-state index < -0.39 is 40.3 Å². The van der Waals surface area contributed by atoms with Crippen LogP contribution in [-0.2, 0) is 30.8 Å². The highest BCUT2D eigenvalue weighted by Crippen LogP contribution is 2.31. The van der Waals surface area contributed by atoms with Gasteiger partial charge in [-0.1, -0.05) is 48.5 Å². The largest absolute Gasteiger partial charge is 0.497 e. The zero-order valence-corrected chi connectivity index (χ0v) is 25.0. The topological polar surface area (TPSA) is 122 Å². The van der Waals surface area contributed by atoms with Gasteiger partial charge < -0.3 is 19.7 Å². The van der Waals surface area contributed by atoms with Crippen LogP contribution >= 0.6 is 0 Å². The number of ether oxygens (including phenoxy) is 2. The van der Waals surface area contributed by atoms with Crippen molar-refractivity contribution in [2.75, 3.05) is 33.4 Å². The highest BCUT2D eigenvalue weighted by molar-refractivity contribution is 7.90. The molecule has 3 aromatic carbocycles. The number of nitrogens with zero attached hydrogens (tertiary/aromatic N) is 2. The van der Waals surface area contributed by atoms with E-state index in [2.05, 4.69) is 5.32 Å². The molecule has 10 nitrogen and oxygen atoms in total. The van der Waals surface area contributed by atoms with Gasteiger partial charge in [0.1, 0.15) is 23.2 Å². The molecule has 3 aromatic rings. The van der Waals surface area contributed by atoms with E-state index in [-0.39, 0.29) is 29.7 Å². The number of aryl methyl sites for hydroxylation is 1. The second-order valence-electron chi connectivity index (χ2n) is 10.6. The van der Waals surface area contributed by atoms with Crippen LogP contribution in [0.25, 0.3) is 0 Å². The van der Waals surface area contributed by atoms with Crippen molar-refractivity contribution in [3.05, 3.63) is 95.1 Å². The summed E-state index contributed by atoms with van der Waals surface area (Å²) in [6, 6.07) is 19.3. The van der Waals surface area contributed by atoms with Crippen molar-refractivity contribution in [3.8, 4) is 5.75 Å². The first-order valence-electron chi connectivity index (χ1n) is 14.2. The number of amides is 3. The molecule has 226 valence electrons. The lowest BCUT2D eigenvalue weighted by atomic mass is 10.0. The maximum absolute atomic E-state index is 14.2. The molecular formula is C32H35N3O7S. The van der Waals surface area contributed by atoms with Crippen LogP contribution in [0.5, 0.6) is 5.75 Å². The predicted molar refractivity (Wildman–Crippen MR) is 159 cm³/mol. The summed E-state index contributed by atoms with van der Waals surface area (Å²) in [5, 5.41) is 2.94. The molecule has 3 amide bonds. The summed E-state index contributed by atoms with van der Waals surface area (Å²) in [4.78, 5) is 42.5. The van der Waals surface area contributed by atoms with E-state index in [1.54, 1.807) is 30.3 Å². The number of hydrogen-bond donors (Lipinski definition) is 1. The van der Waals surface area contributed by atoms with Crippen molar-refractivity contribution in [2.24, 2.45) is 0 Å². The van der Waals surface area contributed by atoms with Gasteiger partial charge in [0.05, 0.1) is 18.8 Å². The molecule has 2 aliphatic heterocycles. The first kappa shape index (κ1) is 30.2. The highest BCUT2D eigenvalue weighted by atomic mass is 32.2. The van der Waals surface area contributed by atoms with Crippen molar-refractivity contribution in [3.63, 3.8) is 0 Å². The minimum atomic E-state index is -4.24. The molecule has 0 radical (unpaired) electrons. The molecule has 1 saturated heterocycles. The predicted octanol–water partition coefficient (Wildman–Crippen LogP) is 3.26. The fourth-order valence-electron chi connectivity index (χ4n) is 5.53. The maximum atomic E-state index is 14.2. The molecule has 0 bridgehead atoms. The fraction of sp³-hybridized carbons (Fsp3) is 0.344. The number of sulfonamides is 1. The summed E-state index contributed by atoms with van der Waals surface area (Å²) >= 11 is 0. The lowest BCUT2D eigenvalue weighted by Gasteiger charge is -2.33. The normalized spacial score (nSPS) is 17.8. The molecule has 2 atom stereocenters. The Balaban J connectivity index is 1.50. The van der Waals surface area contributed by atoms with E-state index in [0.29, 0.717) is 28.6 Å². The van der Waals surface area contributed by atoms with Crippen molar-refractivity contribution in [1.82, 2.24) is 14.5 Å². The van der Waals surface area contributed by atoms with E-state index in [1.807, 2.05) is 31.2 Å². The van der Waals surface area contributed by atoms with Gasteiger partial charge in [0.15, 0.2) is 0 Å². The Hall–Kier alpha value is -4.22. The Morgan fingerprint density at radius 3 is 2.58 bits per heavy atom. The molecule has 2 heterocycles. The smallest absolute Gasteiger partial charge is 0.269 e. The molecule has 43 heavy (non-hydrogen) atoms. The third-order valence-electron chi connectivity index (χ3n) is 7.89. The van der Waals surface area contributed by atoms with Crippen LogP contribution in [0.2, 0.25) is 0 Å². The highest BCUT2D eigenvalue weighted by Gasteiger charge is 2.43. The van der Waals surface area contributed by atoms with Crippen molar-refractivity contribution in [2.45, 2.75) is 43.2 Å². The van der Waals surface area contributed by atoms with Gasteiger partial charge in [-0.25, -0.2) is 12.7 Å². The van der Waals surface area contributed by atoms with Crippen LogP contribution in [0.4, 0.5) is 0 Å². The molecule has 0 saturated carbocycles.